The van der Waals surface area contributed by atoms with E-state index in [1.165, 1.54) is 12.1 Å². The lowest BCUT2D eigenvalue weighted by Gasteiger charge is -2.30. The topological polar surface area (TPSA) is 69.4 Å². The summed E-state index contributed by atoms with van der Waals surface area (Å²) in [6.45, 7) is -2.92. The Morgan fingerprint density at radius 3 is 1.46 bits per heavy atom. The highest BCUT2D eigenvalue weighted by Gasteiger charge is 2.41. The summed E-state index contributed by atoms with van der Waals surface area (Å²) in [7, 11) is 0. The number of hydrogen-bond acceptors (Lipinski definition) is 4. The van der Waals surface area contributed by atoms with Crippen LogP contribution in [0.1, 0.15) is 11.1 Å². The molecule has 0 aliphatic carbocycles. The maximum absolute atomic E-state index is 14.3. The van der Waals surface area contributed by atoms with E-state index in [0.717, 1.165) is 21.5 Å². The van der Waals surface area contributed by atoms with E-state index < -0.39 is 17.8 Å². The van der Waals surface area contributed by atoms with E-state index in [2.05, 4.69) is 47.4 Å². The van der Waals surface area contributed by atoms with Gasteiger partial charge >= 0.3 is 5.97 Å². The van der Waals surface area contributed by atoms with Crippen molar-refractivity contribution >= 4 is 45.5 Å². The Balaban J connectivity index is 1.62. The van der Waals surface area contributed by atoms with Gasteiger partial charge in [-0.25, -0.2) is 4.79 Å². The van der Waals surface area contributed by atoms with Gasteiger partial charge in [-0.15, -0.1) is 0 Å². The summed E-state index contributed by atoms with van der Waals surface area (Å²) in [5.41, 5.74) is 1.61. The van der Waals surface area contributed by atoms with Crippen molar-refractivity contribution in [3.8, 4) is 47.4 Å². The number of cyclic esters (lactones) is 1. The predicted octanol–water partition coefficient (Wildman–Crippen LogP) is 6.09. The molecule has 0 amide bonds. The van der Waals surface area contributed by atoms with E-state index in [1.807, 2.05) is 121 Å². The largest absolute Gasteiger partial charge is 0.421 e. The van der Waals surface area contributed by atoms with Crippen molar-refractivity contribution in [3.05, 3.63) is 172 Å². The number of benzene rings is 5. The first-order chi connectivity index (χ1) is 23.6. The summed E-state index contributed by atoms with van der Waals surface area (Å²) in [6.07, 6.45) is 0. The summed E-state index contributed by atoms with van der Waals surface area (Å²) in [4.78, 5) is 25.2. The molecule has 0 atom stereocenters. The van der Waals surface area contributed by atoms with Gasteiger partial charge in [0.2, 0.25) is 0 Å². The quantitative estimate of drug-likeness (QED) is 0.0769. The lowest BCUT2D eigenvalue weighted by atomic mass is 10.1. The summed E-state index contributed by atoms with van der Waals surface area (Å²) in [5, 5.41) is 14.6. The van der Waals surface area contributed by atoms with Crippen LogP contribution >= 0.6 is 6.89 Å². The van der Waals surface area contributed by atoms with Crippen molar-refractivity contribution in [1.82, 2.24) is 0 Å². The van der Waals surface area contributed by atoms with Gasteiger partial charge in [-0.3, -0.25) is 10.1 Å². The molecule has 0 saturated heterocycles. The summed E-state index contributed by atoms with van der Waals surface area (Å²) >= 11 is 0. The molecule has 0 bridgehead atoms. The van der Waals surface area contributed by atoms with Crippen molar-refractivity contribution in [1.29, 1.82) is 0 Å². The maximum atomic E-state index is 14.3. The second-order valence-electron chi connectivity index (χ2n) is 10.3. The van der Waals surface area contributed by atoms with Gasteiger partial charge in [0.15, 0.2) is 5.76 Å². The van der Waals surface area contributed by atoms with Crippen molar-refractivity contribution in [2.45, 2.75) is 0 Å². The average Bonchev–Trinajstić information content (AvgIpc) is 3.47. The SMILES string of the molecule is O=C1OC(c2ccc([N+](=O)[O-])cc2)=C(C#CC#CC#CC#Cc2ccccc2)C1=P(c1ccccc1)(c1ccccc1)c1ccccc1. The monoisotopic (exact) mass is 637 g/mol. The van der Waals surface area contributed by atoms with Gasteiger partial charge < -0.3 is 4.74 Å². The van der Waals surface area contributed by atoms with Crippen LogP contribution in [0.2, 0.25) is 0 Å². The van der Waals surface area contributed by atoms with Gasteiger partial charge in [0, 0.05) is 23.3 Å². The number of ether oxygens (including phenoxy) is 1. The van der Waals surface area contributed by atoms with Crippen molar-refractivity contribution < 1.29 is 14.5 Å². The van der Waals surface area contributed by atoms with Crippen molar-refractivity contribution in [2.24, 2.45) is 0 Å². The summed E-state index contributed by atoms with van der Waals surface area (Å²) < 4.78 is 6.06. The van der Waals surface area contributed by atoms with E-state index in [0.29, 0.717) is 16.4 Å². The lowest BCUT2D eigenvalue weighted by molar-refractivity contribution is -0.384. The molecule has 0 aromatic heterocycles. The molecule has 0 radical (unpaired) electrons. The second kappa shape index (κ2) is 14.6. The Bertz CT molecular complexity index is 2250. The maximum Gasteiger partial charge on any atom is 0.346 e. The summed E-state index contributed by atoms with van der Waals surface area (Å²) in [5.74, 6) is 22.3. The van der Waals surface area contributed by atoms with E-state index in [1.54, 1.807) is 12.1 Å². The van der Waals surface area contributed by atoms with Crippen molar-refractivity contribution in [3.63, 3.8) is 0 Å². The fourth-order valence-corrected chi connectivity index (χ4v) is 9.73. The summed E-state index contributed by atoms with van der Waals surface area (Å²) in [6, 6.07) is 45.0. The molecule has 0 N–H and O–H groups in total. The van der Waals surface area contributed by atoms with Crippen LogP contribution in [-0.2, 0) is 9.53 Å². The first-order valence-electron chi connectivity index (χ1n) is 14.8. The fraction of sp³-hybridized carbons (Fsp3) is 0. The molecule has 0 unspecified atom stereocenters. The minimum atomic E-state index is -2.92. The normalized spacial score (nSPS) is 11.8. The number of carbonyl (C=O) groups is 1. The molecule has 0 spiro atoms. The van der Waals surface area contributed by atoms with Crippen molar-refractivity contribution in [2.75, 3.05) is 0 Å². The number of nitro benzene ring substituents is 1. The average molecular weight is 638 g/mol. The minimum Gasteiger partial charge on any atom is -0.421 e. The van der Waals surface area contributed by atoms with Gasteiger partial charge in [0.05, 0.1) is 15.8 Å². The van der Waals surface area contributed by atoms with Crippen LogP contribution in [-0.4, -0.2) is 16.2 Å². The molecule has 0 fully saturated rings. The Kier molecular flexibility index (Phi) is 9.48. The van der Waals surface area contributed by atoms with Crippen LogP contribution in [0.5, 0.6) is 0 Å². The molecule has 5 aromatic rings. The van der Waals surface area contributed by atoms with Gasteiger partial charge in [-0.2, -0.15) is 0 Å². The Hall–Kier alpha value is -6.75. The fourth-order valence-electron chi connectivity index (χ4n) is 5.39. The molecule has 1 aliphatic heterocycles. The third-order valence-electron chi connectivity index (χ3n) is 7.44. The van der Waals surface area contributed by atoms with Crippen LogP contribution in [0.4, 0.5) is 5.69 Å². The van der Waals surface area contributed by atoms with E-state index in [9.17, 15) is 14.9 Å². The minimum absolute atomic E-state index is 0.0833. The Morgan fingerprint density at radius 1 is 0.542 bits per heavy atom. The molecule has 226 valence electrons. The van der Waals surface area contributed by atoms with Crippen LogP contribution in [0.15, 0.2) is 151 Å². The van der Waals surface area contributed by atoms with Crippen LogP contribution in [0.25, 0.3) is 5.76 Å². The zero-order valence-electron chi connectivity index (χ0n) is 25.4. The van der Waals surface area contributed by atoms with E-state index in [4.69, 9.17) is 4.74 Å². The second-order valence-corrected chi connectivity index (χ2v) is 13.6. The molecule has 1 heterocycles. The van der Waals surface area contributed by atoms with Crippen LogP contribution in [0, 0.1) is 57.5 Å². The van der Waals surface area contributed by atoms with Gasteiger partial charge in [-0.1, -0.05) is 115 Å². The molecule has 6 heteroatoms. The smallest absolute Gasteiger partial charge is 0.346 e. The molecular formula is C42H24NO4P. The standard InChI is InChI=1S/C42H24NO4P/c44-42-41(48(36-22-12-6-13-23-36,37-24-14-7-15-25-37)38-26-16-8-17-27-38)39(40(47-42)34-29-31-35(32-30-34)43(45)46)28-18-4-2-1-3-9-19-33-20-10-5-11-21-33/h5-8,10-17,20-27,29-32H. The number of hydrogen-bond donors (Lipinski definition) is 0. The highest BCUT2D eigenvalue weighted by molar-refractivity contribution is 7.97. The molecular weight excluding hydrogens is 613 g/mol. The van der Waals surface area contributed by atoms with E-state index >= 15 is 0 Å². The number of esters is 1. The first-order valence-corrected chi connectivity index (χ1v) is 16.6. The third-order valence-corrected chi connectivity index (χ3v) is 11.7. The molecule has 6 rings (SSSR count). The lowest BCUT2D eigenvalue weighted by Crippen LogP contribution is -2.33. The third kappa shape index (κ3) is 6.46. The molecule has 0 saturated carbocycles. The Labute approximate surface area is 279 Å². The zero-order valence-corrected chi connectivity index (χ0v) is 26.3. The Morgan fingerprint density at radius 2 is 0.979 bits per heavy atom. The van der Waals surface area contributed by atoms with Gasteiger partial charge in [0.25, 0.3) is 5.69 Å². The molecule has 5 nitrogen and oxygen atoms in total. The van der Waals surface area contributed by atoms with Crippen LogP contribution in [0.3, 0.4) is 0 Å². The number of rotatable bonds is 5. The highest BCUT2D eigenvalue weighted by Crippen LogP contribution is 2.50. The molecule has 1 aliphatic rings. The zero-order chi connectivity index (χ0) is 33.2. The van der Waals surface area contributed by atoms with Gasteiger partial charge in [-0.05, 0) is 88.5 Å². The number of nitro groups is 1. The van der Waals surface area contributed by atoms with Gasteiger partial charge in [0.1, 0.15) is 0 Å². The highest BCUT2D eigenvalue weighted by atomic mass is 31.2. The predicted molar refractivity (Wildman–Crippen MR) is 193 cm³/mol. The first kappa shape index (κ1) is 31.2. The number of nitrogens with zero attached hydrogens (tertiary/aromatic N) is 1. The van der Waals surface area contributed by atoms with Crippen LogP contribution < -0.4 is 15.9 Å². The molecule has 48 heavy (non-hydrogen) atoms. The number of carbonyl (C=O) groups excluding carboxylic acids is 1. The van der Waals surface area contributed by atoms with E-state index in [-0.39, 0.29) is 11.4 Å². The molecule has 5 aromatic carbocycles. The number of non-ortho nitro benzene ring substituents is 1.